The Morgan fingerprint density at radius 1 is 1.14 bits per heavy atom. The van der Waals surface area contributed by atoms with E-state index < -0.39 is 10.0 Å². The fourth-order valence-electron chi connectivity index (χ4n) is 2.51. The van der Waals surface area contributed by atoms with Crippen LogP contribution in [0.15, 0.2) is 9.42 Å². The van der Waals surface area contributed by atoms with Gasteiger partial charge in [-0.2, -0.15) is 5.10 Å². The molecule has 0 aliphatic rings. The van der Waals surface area contributed by atoms with Crippen LogP contribution in [0, 0.1) is 6.92 Å². The van der Waals surface area contributed by atoms with E-state index in [-0.39, 0.29) is 4.90 Å². The molecule has 0 saturated carbocycles. The van der Waals surface area contributed by atoms with Gasteiger partial charge in [-0.05, 0) is 26.2 Å². The second-order valence-corrected chi connectivity index (χ2v) is 6.69. The molecular weight excluding hydrogens is 304 g/mol. The molecule has 8 heteroatoms. The van der Waals surface area contributed by atoms with Crippen molar-refractivity contribution in [2.45, 2.75) is 51.9 Å². The Balaban J connectivity index is 2.54. The molecule has 0 fully saturated rings. The molecule has 0 radical (unpaired) electrons. The lowest BCUT2D eigenvalue weighted by molar-refractivity contribution is 0.391. The highest BCUT2D eigenvalue weighted by Gasteiger charge is 2.28. The predicted octanol–water partition coefficient (Wildman–Crippen LogP) is 2.20. The van der Waals surface area contributed by atoms with Crippen molar-refractivity contribution in [1.82, 2.24) is 14.9 Å². The van der Waals surface area contributed by atoms with Gasteiger partial charge in [-0.3, -0.25) is 9.40 Å². The van der Waals surface area contributed by atoms with Gasteiger partial charge in [-0.1, -0.05) is 25.9 Å². The maximum atomic E-state index is 12.9. The fraction of sp³-hybridized carbons (Fsp3) is 0.571. The van der Waals surface area contributed by atoms with E-state index in [4.69, 9.17) is 4.52 Å². The number of hydrogen-bond donors (Lipinski definition) is 1. The van der Waals surface area contributed by atoms with Gasteiger partial charge < -0.3 is 4.52 Å². The molecule has 0 bridgehead atoms. The van der Waals surface area contributed by atoms with Crippen molar-refractivity contribution >= 4 is 15.7 Å². The summed E-state index contributed by atoms with van der Waals surface area (Å²) >= 11 is 0. The van der Waals surface area contributed by atoms with E-state index in [1.807, 2.05) is 20.8 Å². The average molecular weight is 326 g/mol. The van der Waals surface area contributed by atoms with Gasteiger partial charge in [-0.25, -0.2) is 8.42 Å². The first-order valence-electron chi connectivity index (χ1n) is 7.38. The summed E-state index contributed by atoms with van der Waals surface area (Å²) in [4.78, 5) is 0.266. The van der Waals surface area contributed by atoms with Crippen LogP contribution in [0.4, 0.5) is 5.69 Å². The van der Waals surface area contributed by atoms with Crippen molar-refractivity contribution < 1.29 is 12.9 Å². The number of anilines is 1. The number of aryl methyl sites for hydroxylation is 4. The molecule has 2 aromatic heterocycles. The molecule has 0 aliphatic heterocycles. The molecule has 0 aliphatic carbocycles. The highest BCUT2D eigenvalue weighted by atomic mass is 32.2. The van der Waals surface area contributed by atoms with Crippen LogP contribution in [0.5, 0.6) is 0 Å². The lowest BCUT2D eigenvalue weighted by atomic mass is 10.2. The summed E-state index contributed by atoms with van der Waals surface area (Å²) < 4.78 is 35.1. The lowest BCUT2D eigenvalue weighted by Crippen LogP contribution is -2.17. The van der Waals surface area contributed by atoms with E-state index in [2.05, 4.69) is 15.0 Å². The summed E-state index contributed by atoms with van der Waals surface area (Å²) in [5.41, 5.74) is 2.28. The molecule has 0 spiro atoms. The van der Waals surface area contributed by atoms with Crippen LogP contribution in [0.3, 0.4) is 0 Å². The minimum atomic E-state index is -3.74. The van der Waals surface area contributed by atoms with E-state index >= 15 is 0 Å². The number of nitrogens with one attached hydrogen (secondary N) is 1. The van der Waals surface area contributed by atoms with Crippen molar-refractivity contribution in [3.05, 3.63) is 22.8 Å². The highest BCUT2D eigenvalue weighted by molar-refractivity contribution is 7.92. The number of aromatic nitrogens is 3. The van der Waals surface area contributed by atoms with Gasteiger partial charge in [-0.15, -0.1) is 0 Å². The number of hydrogen-bond acceptors (Lipinski definition) is 5. The largest absolute Gasteiger partial charge is 0.359 e. The first kappa shape index (κ1) is 16.5. The van der Waals surface area contributed by atoms with Gasteiger partial charge in [0.2, 0.25) is 0 Å². The Morgan fingerprint density at radius 3 is 2.32 bits per heavy atom. The Morgan fingerprint density at radius 2 is 1.77 bits per heavy atom. The second kappa shape index (κ2) is 6.12. The van der Waals surface area contributed by atoms with Gasteiger partial charge in [0.15, 0.2) is 5.76 Å². The van der Waals surface area contributed by atoms with Crippen LogP contribution in [-0.4, -0.2) is 23.4 Å². The Labute approximate surface area is 130 Å². The van der Waals surface area contributed by atoms with Crippen molar-refractivity contribution in [3.63, 3.8) is 0 Å². The maximum absolute atomic E-state index is 12.9. The molecule has 0 unspecified atom stereocenters. The molecule has 22 heavy (non-hydrogen) atoms. The molecule has 0 saturated heterocycles. The van der Waals surface area contributed by atoms with Crippen molar-refractivity contribution in [2.75, 3.05) is 4.72 Å². The third-order valence-electron chi connectivity index (χ3n) is 3.63. The predicted molar refractivity (Wildman–Crippen MR) is 83.4 cm³/mol. The van der Waals surface area contributed by atoms with Crippen molar-refractivity contribution in [1.29, 1.82) is 0 Å². The van der Waals surface area contributed by atoms with E-state index in [0.29, 0.717) is 47.8 Å². The lowest BCUT2D eigenvalue weighted by Gasteiger charge is -2.09. The zero-order valence-corrected chi connectivity index (χ0v) is 14.4. The molecule has 2 heterocycles. The summed E-state index contributed by atoms with van der Waals surface area (Å²) in [5, 5.41) is 8.20. The topological polar surface area (TPSA) is 90.0 Å². The number of sulfonamides is 1. The van der Waals surface area contributed by atoms with Gasteiger partial charge in [0, 0.05) is 7.05 Å². The quantitative estimate of drug-likeness (QED) is 0.879. The monoisotopic (exact) mass is 326 g/mol. The molecule has 0 aromatic carbocycles. The molecule has 7 nitrogen and oxygen atoms in total. The van der Waals surface area contributed by atoms with Gasteiger partial charge in [0.25, 0.3) is 10.0 Å². The molecule has 1 N–H and O–H groups in total. The van der Waals surface area contributed by atoms with Gasteiger partial charge >= 0.3 is 0 Å². The first-order chi connectivity index (χ1) is 10.4. The third kappa shape index (κ3) is 2.75. The smallest absolute Gasteiger partial charge is 0.265 e. The number of nitrogens with zero attached hydrogens (tertiary/aromatic N) is 3. The number of rotatable bonds is 6. The molecular formula is C14H22N4O3S. The van der Waals surface area contributed by atoms with Crippen LogP contribution >= 0.6 is 0 Å². The SMILES string of the molecule is CCc1noc(C)c1NS(=O)(=O)c1c(CC)nn(C)c1CC. The third-order valence-corrected chi connectivity index (χ3v) is 5.11. The minimum absolute atomic E-state index is 0.266. The maximum Gasteiger partial charge on any atom is 0.265 e. The minimum Gasteiger partial charge on any atom is -0.359 e. The summed E-state index contributed by atoms with van der Waals surface area (Å²) in [6.45, 7) is 7.39. The van der Waals surface area contributed by atoms with Gasteiger partial charge in [0.1, 0.15) is 16.3 Å². The zero-order valence-electron chi connectivity index (χ0n) is 13.6. The first-order valence-corrected chi connectivity index (χ1v) is 8.86. The summed E-state index contributed by atoms with van der Waals surface area (Å²) in [5.74, 6) is 0.459. The van der Waals surface area contributed by atoms with Gasteiger partial charge in [0.05, 0.1) is 11.4 Å². The summed E-state index contributed by atoms with van der Waals surface area (Å²) in [7, 11) is -1.97. The molecule has 122 valence electrons. The van der Waals surface area contributed by atoms with Crippen LogP contribution in [0.1, 0.15) is 43.6 Å². The average Bonchev–Trinajstić information content (AvgIpc) is 2.99. The standard InChI is InChI=1S/C14H22N4O3S/c1-6-10-13(9(4)21-16-10)17-22(19,20)14-11(7-2)15-18(5)12(14)8-3/h17H,6-8H2,1-5H3. The Kier molecular flexibility index (Phi) is 4.60. The van der Waals surface area contributed by atoms with E-state index in [9.17, 15) is 8.42 Å². The highest BCUT2D eigenvalue weighted by Crippen LogP contribution is 2.27. The van der Waals surface area contributed by atoms with E-state index in [1.165, 1.54) is 0 Å². The Bertz CT molecular complexity index is 774. The molecule has 2 aromatic rings. The second-order valence-electron chi connectivity index (χ2n) is 5.07. The van der Waals surface area contributed by atoms with Crippen molar-refractivity contribution in [2.24, 2.45) is 7.05 Å². The van der Waals surface area contributed by atoms with Crippen LogP contribution in [0.25, 0.3) is 0 Å². The zero-order chi connectivity index (χ0) is 16.5. The normalized spacial score (nSPS) is 11.9. The fourth-order valence-corrected chi connectivity index (χ4v) is 4.22. The van der Waals surface area contributed by atoms with Crippen LogP contribution < -0.4 is 4.72 Å². The summed E-state index contributed by atoms with van der Waals surface area (Å²) in [6.07, 6.45) is 1.72. The summed E-state index contributed by atoms with van der Waals surface area (Å²) in [6, 6.07) is 0. The van der Waals surface area contributed by atoms with E-state index in [0.717, 1.165) is 0 Å². The molecule has 0 amide bonds. The molecule has 0 atom stereocenters. The van der Waals surface area contributed by atoms with Crippen LogP contribution in [0.2, 0.25) is 0 Å². The Hall–Kier alpha value is -1.83. The molecule has 2 rings (SSSR count). The van der Waals surface area contributed by atoms with E-state index in [1.54, 1.807) is 18.7 Å². The van der Waals surface area contributed by atoms with Crippen molar-refractivity contribution in [3.8, 4) is 0 Å². The van der Waals surface area contributed by atoms with Crippen LogP contribution in [-0.2, 0) is 36.3 Å².